The van der Waals surface area contributed by atoms with Gasteiger partial charge < -0.3 is 5.32 Å². The summed E-state index contributed by atoms with van der Waals surface area (Å²) in [7, 11) is 1.94. The van der Waals surface area contributed by atoms with Crippen LogP contribution in [0.3, 0.4) is 0 Å². The van der Waals surface area contributed by atoms with Crippen molar-refractivity contribution in [3.8, 4) is 0 Å². The molecule has 0 aliphatic carbocycles. The lowest BCUT2D eigenvalue weighted by Gasteiger charge is -1.99. The standard InChI is InChI=1S/C11H15N/c1-10(12-2)8-9-11-6-4-3-5-7-11/h3-8,12H,9H2,1-2H3. The highest BCUT2D eigenvalue weighted by atomic mass is 14.8. The van der Waals surface area contributed by atoms with E-state index in [2.05, 4.69) is 42.6 Å². The Morgan fingerprint density at radius 1 is 1.33 bits per heavy atom. The Hall–Kier alpha value is -1.24. The molecular formula is C11H15N. The van der Waals surface area contributed by atoms with E-state index in [4.69, 9.17) is 0 Å². The number of hydrogen-bond acceptors (Lipinski definition) is 1. The summed E-state index contributed by atoms with van der Waals surface area (Å²) < 4.78 is 0. The van der Waals surface area contributed by atoms with E-state index < -0.39 is 0 Å². The predicted molar refractivity (Wildman–Crippen MR) is 53.0 cm³/mol. The van der Waals surface area contributed by atoms with Crippen molar-refractivity contribution in [2.45, 2.75) is 13.3 Å². The first-order valence-corrected chi connectivity index (χ1v) is 4.21. The summed E-state index contributed by atoms with van der Waals surface area (Å²) in [6, 6.07) is 10.5. The van der Waals surface area contributed by atoms with Crippen LogP contribution in [0.25, 0.3) is 0 Å². The maximum Gasteiger partial charge on any atom is 0.00353 e. The molecule has 0 radical (unpaired) electrons. The Kier molecular flexibility index (Phi) is 3.39. The van der Waals surface area contributed by atoms with Crippen LogP contribution < -0.4 is 5.32 Å². The highest BCUT2D eigenvalue weighted by Gasteiger charge is 1.87. The molecule has 0 atom stereocenters. The zero-order valence-electron chi connectivity index (χ0n) is 7.67. The summed E-state index contributed by atoms with van der Waals surface area (Å²) in [5.41, 5.74) is 2.57. The highest BCUT2D eigenvalue weighted by molar-refractivity contribution is 5.18. The van der Waals surface area contributed by atoms with Crippen LogP contribution in [-0.4, -0.2) is 7.05 Å². The third kappa shape index (κ3) is 2.79. The van der Waals surface area contributed by atoms with Gasteiger partial charge in [-0.25, -0.2) is 0 Å². The molecule has 0 spiro atoms. The Balaban J connectivity index is 2.54. The van der Waals surface area contributed by atoms with E-state index in [1.807, 2.05) is 13.1 Å². The summed E-state index contributed by atoms with van der Waals surface area (Å²) in [6.07, 6.45) is 3.20. The fourth-order valence-electron chi connectivity index (χ4n) is 0.987. The predicted octanol–water partition coefficient (Wildman–Crippen LogP) is 2.35. The maximum atomic E-state index is 3.10. The van der Waals surface area contributed by atoms with Crippen molar-refractivity contribution < 1.29 is 0 Å². The van der Waals surface area contributed by atoms with E-state index in [1.165, 1.54) is 11.3 Å². The minimum absolute atomic E-state index is 1.01. The van der Waals surface area contributed by atoms with Crippen LogP contribution in [0.15, 0.2) is 42.1 Å². The van der Waals surface area contributed by atoms with Gasteiger partial charge in [-0.2, -0.15) is 0 Å². The lowest BCUT2D eigenvalue weighted by molar-refractivity contribution is 0.972. The molecule has 1 nitrogen and oxygen atoms in total. The van der Waals surface area contributed by atoms with Crippen LogP contribution in [0.2, 0.25) is 0 Å². The zero-order chi connectivity index (χ0) is 8.81. The van der Waals surface area contributed by atoms with Crippen LogP contribution >= 0.6 is 0 Å². The third-order valence-corrected chi connectivity index (χ3v) is 1.88. The van der Waals surface area contributed by atoms with Crippen molar-refractivity contribution >= 4 is 0 Å². The Labute approximate surface area is 74.1 Å². The topological polar surface area (TPSA) is 12.0 Å². The van der Waals surface area contributed by atoms with Crippen molar-refractivity contribution in [1.82, 2.24) is 5.32 Å². The molecule has 12 heavy (non-hydrogen) atoms. The van der Waals surface area contributed by atoms with Gasteiger partial charge in [0.05, 0.1) is 0 Å². The molecule has 0 aliphatic rings. The molecule has 1 N–H and O–H groups in total. The lowest BCUT2D eigenvalue weighted by atomic mass is 10.1. The second-order valence-electron chi connectivity index (χ2n) is 2.83. The average molecular weight is 161 g/mol. The molecule has 0 saturated carbocycles. The molecule has 0 fully saturated rings. The van der Waals surface area contributed by atoms with Gasteiger partial charge in [-0.1, -0.05) is 36.4 Å². The van der Waals surface area contributed by atoms with Crippen LogP contribution in [0.5, 0.6) is 0 Å². The second-order valence-corrected chi connectivity index (χ2v) is 2.83. The van der Waals surface area contributed by atoms with E-state index in [1.54, 1.807) is 0 Å². The van der Waals surface area contributed by atoms with E-state index >= 15 is 0 Å². The van der Waals surface area contributed by atoms with Crippen LogP contribution in [0, 0.1) is 0 Å². The number of hydrogen-bond donors (Lipinski definition) is 1. The smallest absolute Gasteiger partial charge is 0.00353 e. The lowest BCUT2D eigenvalue weighted by Crippen LogP contribution is -2.01. The molecule has 0 unspecified atom stereocenters. The SMILES string of the molecule is CNC(C)=CCc1ccccc1. The summed E-state index contributed by atoms with van der Waals surface area (Å²) in [5.74, 6) is 0. The zero-order valence-corrected chi connectivity index (χ0v) is 7.67. The van der Waals surface area contributed by atoms with Gasteiger partial charge in [0.25, 0.3) is 0 Å². The Morgan fingerprint density at radius 3 is 2.58 bits per heavy atom. The quantitative estimate of drug-likeness (QED) is 0.717. The monoisotopic (exact) mass is 161 g/mol. The molecule has 1 aromatic rings. The van der Waals surface area contributed by atoms with Crippen LogP contribution in [-0.2, 0) is 6.42 Å². The number of nitrogens with one attached hydrogen (secondary N) is 1. The molecule has 64 valence electrons. The number of rotatable bonds is 3. The van der Waals surface area contributed by atoms with Crippen LogP contribution in [0.4, 0.5) is 0 Å². The molecule has 1 heteroatoms. The van der Waals surface area contributed by atoms with Gasteiger partial charge in [0.15, 0.2) is 0 Å². The van der Waals surface area contributed by atoms with Gasteiger partial charge in [0.1, 0.15) is 0 Å². The Morgan fingerprint density at radius 2 is 2.00 bits per heavy atom. The summed E-state index contributed by atoms with van der Waals surface area (Å²) in [4.78, 5) is 0. The van der Waals surface area contributed by atoms with Gasteiger partial charge in [0, 0.05) is 12.7 Å². The van der Waals surface area contributed by atoms with E-state index in [-0.39, 0.29) is 0 Å². The summed E-state index contributed by atoms with van der Waals surface area (Å²) in [6.45, 7) is 2.07. The van der Waals surface area contributed by atoms with Gasteiger partial charge in [-0.3, -0.25) is 0 Å². The van der Waals surface area contributed by atoms with E-state index in [0.717, 1.165) is 6.42 Å². The van der Waals surface area contributed by atoms with E-state index in [0.29, 0.717) is 0 Å². The van der Waals surface area contributed by atoms with Gasteiger partial charge >= 0.3 is 0 Å². The largest absolute Gasteiger partial charge is 0.392 e. The fraction of sp³-hybridized carbons (Fsp3) is 0.273. The fourth-order valence-corrected chi connectivity index (χ4v) is 0.987. The second kappa shape index (κ2) is 4.60. The molecule has 0 aliphatic heterocycles. The highest BCUT2D eigenvalue weighted by Crippen LogP contribution is 2.01. The minimum Gasteiger partial charge on any atom is -0.392 e. The molecule has 0 aromatic heterocycles. The first kappa shape index (κ1) is 8.85. The summed E-state index contributed by atoms with van der Waals surface area (Å²) in [5, 5.41) is 3.10. The third-order valence-electron chi connectivity index (χ3n) is 1.88. The van der Waals surface area contributed by atoms with Crippen molar-refractivity contribution in [3.63, 3.8) is 0 Å². The minimum atomic E-state index is 1.01. The number of allylic oxidation sites excluding steroid dienone is 2. The van der Waals surface area contributed by atoms with Gasteiger partial charge in [-0.05, 0) is 18.9 Å². The Bertz CT molecular complexity index is 249. The first-order valence-electron chi connectivity index (χ1n) is 4.21. The van der Waals surface area contributed by atoms with Crippen molar-refractivity contribution in [2.24, 2.45) is 0 Å². The molecule has 0 heterocycles. The molecule has 1 aromatic carbocycles. The maximum absolute atomic E-state index is 3.10. The molecule has 0 amide bonds. The normalized spacial score (nSPS) is 11.3. The molecule has 0 bridgehead atoms. The average Bonchev–Trinajstić information content (AvgIpc) is 2.16. The van der Waals surface area contributed by atoms with Gasteiger partial charge in [0.2, 0.25) is 0 Å². The number of benzene rings is 1. The van der Waals surface area contributed by atoms with Crippen LogP contribution in [0.1, 0.15) is 12.5 Å². The summed E-state index contributed by atoms with van der Waals surface area (Å²) >= 11 is 0. The van der Waals surface area contributed by atoms with Crippen molar-refractivity contribution in [1.29, 1.82) is 0 Å². The molecule has 1 rings (SSSR count). The first-order chi connectivity index (χ1) is 5.83. The van der Waals surface area contributed by atoms with Crippen molar-refractivity contribution in [2.75, 3.05) is 7.05 Å². The van der Waals surface area contributed by atoms with Crippen molar-refractivity contribution in [3.05, 3.63) is 47.7 Å². The van der Waals surface area contributed by atoms with E-state index in [9.17, 15) is 0 Å². The molecular weight excluding hydrogens is 146 g/mol. The molecule has 0 saturated heterocycles. The van der Waals surface area contributed by atoms with Gasteiger partial charge in [-0.15, -0.1) is 0 Å².